The molecule has 8 rings (SSSR count). The van der Waals surface area contributed by atoms with Crippen LogP contribution in [0.5, 0.6) is 0 Å². The molecule has 0 saturated carbocycles. The smallest absolute Gasteiger partial charge is 0.465 e. The van der Waals surface area contributed by atoms with Crippen molar-refractivity contribution in [1.29, 1.82) is 0 Å². The number of benzene rings is 4. The lowest BCUT2D eigenvalue weighted by Gasteiger charge is -2.23. The molecule has 0 aliphatic carbocycles. The van der Waals surface area contributed by atoms with Crippen LogP contribution >= 0.6 is 47.8 Å². The van der Waals surface area contributed by atoms with Crippen LogP contribution in [0.15, 0.2) is 107 Å². The van der Waals surface area contributed by atoms with Gasteiger partial charge in [0.25, 0.3) is 0 Å². The van der Waals surface area contributed by atoms with E-state index in [1.165, 1.54) is 12.1 Å². The van der Waals surface area contributed by atoms with Gasteiger partial charge in [0, 0.05) is 30.8 Å². The van der Waals surface area contributed by atoms with Gasteiger partial charge < -0.3 is 37.8 Å². The Morgan fingerprint density at radius 3 is 1.64 bits per heavy atom. The average Bonchev–Trinajstić information content (AvgIpc) is 3.75. The van der Waals surface area contributed by atoms with Crippen LogP contribution in [0.4, 0.5) is 8.78 Å². The topological polar surface area (TPSA) is 104 Å². The fourth-order valence-corrected chi connectivity index (χ4v) is 6.11. The zero-order valence-electron chi connectivity index (χ0n) is 26.3. The first-order valence-corrected chi connectivity index (χ1v) is 18.0. The summed E-state index contributed by atoms with van der Waals surface area (Å²) in [4.78, 5) is 0. The van der Waals surface area contributed by atoms with Gasteiger partial charge in [0.15, 0.2) is 12.6 Å². The Kier molecular flexibility index (Phi) is 12.6. The van der Waals surface area contributed by atoms with Gasteiger partial charge in [-0.3, -0.25) is 0 Å². The highest BCUT2D eigenvalue weighted by Gasteiger charge is 2.20. The molecule has 0 amide bonds. The van der Waals surface area contributed by atoms with Crippen molar-refractivity contribution in [3.05, 3.63) is 121 Å². The molecule has 4 heterocycles. The van der Waals surface area contributed by atoms with Crippen molar-refractivity contribution in [2.45, 2.75) is 25.4 Å². The Labute approximate surface area is 311 Å². The lowest BCUT2D eigenvalue weighted by molar-refractivity contribution is -0.183. The summed E-state index contributed by atoms with van der Waals surface area (Å²) in [7, 11) is -1.55. The summed E-state index contributed by atoms with van der Waals surface area (Å²) in [5.41, 5.74) is 3.36. The van der Waals surface area contributed by atoms with Crippen LogP contribution in [0.2, 0.25) is 0 Å². The van der Waals surface area contributed by atoms with E-state index in [-0.39, 0.29) is 17.3 Å². The summed E-state index contributed by atoms with van der Waals surface area (Å²) in [6.07, 6.45) is 0.867. The fourth-order valence-electron chi connectivity index (χ4n) is 5.19. The van der Waals surface area contributed by atoms with Gasteiger partial charge in [-0.05, 0) is 95.5 Å². The highest BCUT2D eigenvalue weighted by atomic mass is 79.9. The third kappa shape index (κ3) is 9.30. The van der Waals surface area contributed by atoms with Crippen molar-refractivity contribution >= 4 is 82.5 Å². The summed E-state index contributed by atoms with van der Waals surface area (Å²) >= 11 is 9.79. The zero-order chi connectivity index (χ0) is 35.2. The normalized spacial score (nSPS) is 15.3. The molecular weight excluding hydrogens is 849 g/mol. The summed E-state index contributed by atoms with van der Waals surface area (Å²) in [5.74, 6) is -0.133. The van der Waals surface area contributed by atoms with Crippen LogP contribution in [0.25, 0.3) is 33.3 Å². The fraction of sp³-hybridized carbons (Fsp3) is 0.222. The monoisotopic (exact) mass is 876 g/mol. The van der Waals surface area contributed by atoms with Gasteiger partial charge in [0.1, 0.15) is 34.2 Å². The number of hydrogen-bond acceptors (Lipinski definition) is 8. The number of fused-ring (bicyclic) bond motifs is 2. The minimum atomic E-state index is -1.55. The second-order valence-electron chi connectivity index (χ2n) is 11.3. The number of hydrogen-bond donors (Lipinski definition) is 2. The Balaban J connectivity index is 0.000000138. The van der Waals surface area contributed by atoms with E-state index in [4.69, 9.17) is 37.8 Å². The summed E-state index contributed by atoms with van der Waals surface area (Å²) in [6.45, 7) is 2.60. The maximum atomic E-state index is 14.5. The SMILES string of the molecule is Fc1cc(C2OCCCO2)ccc1-c1cc2ccc(Br)cc2o1.Fc1cc(C2OCCCO2)ccc1Br.OB(O)c1cc2ccc(Br)cc2o1. The van der Waals surface area contributed by atoms with Gasteiger partial charge in [-0.2, -0.15) is 0 Å². The van der Waals surface area contributed by atoms with Crippen molar-refractivity contribution in [3.8, 4) is 11.3 Å². The molecule has 50 heavy (non-hydrogen) atoms. The maximum Gasteiger partial charge on any atom is 0.526 e. The van der Waals surface area contributed by atoms with Crippen LogP contribution in [-0.4, -0.2) is 43.6 Å². The van der Waals surface area contributed by atoms with Crippen molar-refractivity contribution in [1.82, 2.24) is 0 Å². The van der Waals surface area contributed by atoms with Crippen LogP contribution < -0.4 is 5.66 Å². The molecule has 2 aromatic heterocycles. The average molecular weight is 879 g/mol. The minimum absolute atomic E-state index is 0.160. The van der Waals surface area contributed by atoms with Crippen LogP contribution in [0.3, 0.4) is 0 Å². The van der Waals surface area contributed by atoms with Crippen LogP contribution in [0, 0.1) is 11.6 Å². The highest BCUT2D eigenvalue weighted by molar-refractivity contribution is 9.11. The molecule has 0 radical (unpaired) electrons. The minimum Gasteiger partial charge on any atom is -0.465 e. The van der Waals surface area contributed by atoms with Crippen LogP contribution in [-0.2, 0) is 18.9 Å². The predicted molar refractivity (Wildman–Crippen MR) is 196 cm³/mol. The summed E-state index contributed by atoms with van der Waals surface area (Å²) in [5, 5.41) is 19.5. The lowest BCUT2D eigenvalue weighted by Crippen LogP contribution is -2.27. The van der Waals surface area contributed by atoms with E-state index in [2.05, 4.69) is 47.8 Å². The van der Waals surface area contributed by atoms with Gasteiger partial charge >= 0.3 is 7.12 Å². The molecule has 260 valence electrons. The molecule has 2 saturated heterocycles. The second kappa shape index (κ2) is 17.1. The molecule has 2 fully saturated rings. The highest BCUT2D eigenvalue weighted by Crippen LogP contribution is 2.33. The van der Waals surface area contributed by atoms with Crippen molar-refractivity contribution < 1.29 is 46.6 Å². The van der Waals surface area contributed by atoms with Gasteiger partial charge in [0.2, 0.25) is 0 Å². The van der Waals surface area contributed by atoms with E-state index in [0.29, 0.717) is 53.4 Å². The summed E-state index contributed by atoms with van der Waals surface area (Å²) < 4.78 is 62.6. The number of ether oxygens (including phenoxy) is 4. The van der Waals surface area contributed by atoms with E-state index in [1.807, 2.05) is 42.5 Å². The first kappa shape index (κ1) is 36.9. The van der Waals surface area contributed by atoms with Crippen LogP contribution in [0.1, 0.15) is 36.5 Å². The van der Waals surface area contributed by atoms with Gasteiger partial charge in [-0.25, -0.2) is 8.78 Å². The Bertz CT molecular complexity index is 2060. The van der Waals surface area contributed by atoms with E-state index >= 15 is 0 Å². The first-order valence-electron chi connectivity index (χ1n) is 15.6. The molecule has 0 unspecified atom stereocenters. The Morgan fingerprint density at radius 2 is 1.10 bits per heavy atom. The van der Waals surface area contributed by atoms with Gasteiger partial charge in [0.05, 0.1) is 36.5 Å². The molecule has 0 bridgehead atoms. The number of furan rings is 2. The molecule has 14 heteroatoms. The molecule has 0 spiro atoms. The van der Waals surface area contributed by atoms with E-state index < -0.39 is 19.7 Å². The molecule has 2 aliphatic rings. The Hall–Kier alpha value is -2.92. The Morgan fingerprint density at radius 1 is 0.580 bits per heavy atom. The van der Waals surface area contributed by atoms with Gasteiger partial charge in [-0.1, -0.05) is 50.1 Å². The number of halogens is 5. The largest absolute Gasteiger partial charge is 0.526 e. The number of rotatable bonds is 4. The van der Waals surface area contributed by atoms with Crippen molar-refractivity contribution in [2.24, 2.45) is 0 Å². The molecule has 4 aromatic carbocycles. The third-order valence-corrected chi connectivity index (χ3v) is 9.27. The summed E-state index contributed by atoms with van der Waals surface area (Å²) in [6, 6.07) is 24.5. The molecular formula is C36H30BBr3F2O8. The second-order valence-corrected chi connectivity index (χ2v) is 14.0. The zero-order valence-corrected chi connectivity index (χ0v) is 31.0. The standard InChI is InChI=1S/C18H14BrFO3.C10H10BrFO2.C8H6BBrO3/c19-13-4-2-11-9-17(23-16(11)10-13)14-5-3-12(8-15(14)20)18-21-6-1-7-22-18;11-8-3-2-7(6-9(8)12)10-13-4-1-5-14-10;10-6-2-1-5-3-8(9(11)12)13-7(5)4-6/h2-5,8-10,18H,1,6-7H2;2-3,6,10H,1,4-5H2;1-4,11-12H. The molecule has 2 aliphatic heterocycles. The lowest BCUT2D eigenvalue weighted by atomic mass is 9.88. The third-order valence-electron chi connectivity index (χ3n) is 7.64. The quantitative estimate of drug-likeness (QED) is 0.169. The van der Waals surface area contributed by atoms with E-state index in [9.17, 15) is 8.78 Å². The molecule has 8 nitrogen and oxygen atoms in total. The van der Waals surface area contributed by atoms with E-state index in [0.717, 1.165) is 43.7 Å². The molecule has 6 aromatic rings. The van der Waals surface area contributed by atoms with E-state index in [1.54, 1.807) is 30.3 Å². The van der Waals surface area contributed by atoms with Gasteiger partial charge in [-0.15, -0.1) is 0 Å². The molecule has 0 atom stereocenters. The van der Waals surface area contributed by atoms with Crippen molar-refractivity contribution in [2.75, 3.05) is 26.4 Å². The molecule has 2 N–H and O–H groups in total. The first-order chi connectivity index (χ1) is 24.1. The maximum absolute atomic E-state index is 14.5. The van der Waals surface area contributed by atoms with Crippen molar-refractivity contribution in [3.63, 3.8) is 0 Å². The predicted octanol–water partition coefficient (Wildman–Crippen LogP) is 9.34.